The maximum Gasteiger partial charge on any atom is 0.347 e. The van der Waals surface area contributed by atoms with Crippen molar-refractivity contribution in [2.45, 2.75) is 58.2 Å². The molecule has 1 aliphatic rings. The van der Waals surface area contributed by atoms with Gasteiger partial charge < -0.3 is 24.4 Å². The monoisotopic (exact) mass is 454 g/mol. The van der Waals surface area contributed by atoms with Gasteiger partial charge in [0.1, 0.15) is 11.5 Å². The standard InChI is InChI=1S/C26H34N2O5/c1-18-14-19(12-13-23(18)33-26(2,3)24(29)30)8-6-10-21-17-28(25(31)27(21)4)16-20-9-7-11-22(15-20)32-5/h7,9,11-15,21H,6,8,10,16-17H2,1-5H3,(H,29,30). The molecule has 0 bridgehead atoms. The van der Waals surface area contributed by atoms with E-state index in [-0.39, 0.29) is 12.1 Å². The summed E-state index contributed by atoms with van der Waals surface area (Å²) < 4.78 is 11.0. The lowest BCUT2D eigenvalue weighted by atomic mass is 10.0. The summed E-state index contributed by atoms with van der Waals surface area (Å²) in [6, 6.07) is 13.9. The molecule has 0 radical (unpaired) electrons. The van der Waals surface area contributed by atoms with Crippen molar-refractivity contribution in [3.05, 3.63) is 59.2 Å². The minimum atomic E-state index is -1.28. The quantitative estimate of drug-likeness (QED) is 0.572. The second-order valence-corrected chi connectivity index (χ2v) is 9.19. The molecule has 1 unspecified atom stereocenters. The summed E-state index contributed by atoms with van der Waals surface area (Å²) in [5.41, 5.74) is 1.87. The summed E-state index contributed by atoms with van der Waals surface area (Å²) in [5.74, 6) is 0.379. The summed E-state index contributed by atoms with van der Waals surface area (Å²) >= 11 is 0. The highest BCUT2D eigenvalue weighted by Gasteiger charge is 2.34. The summed E-state index contributed by atoms with van der Waals surface area (Å²) in [6.45, 7) is 6.29. The van der Waals surface area contributed by atoms with E-state index >= 15 is 0 Å². The molecule has 0 spiro atoms. The van der Waals surface area contributed by atoms with Gasteiger partial charge in [0.15, 0.2) is 5.60 Å². The fourth-order valence-corrected chi connectivity index (χ4v) is 4.08. The van der Waals surface area contributed by atoms with Crippen LogP contribution in [0.2, 0.25) is 0 Å². The highest BCUT2D eigenvalue weighted by molar-refractivity contribution is 5.77. The van der Waals surface area contributed by atoms with E-state index in [0.29, 0.717) is 18.8 Å². The molecule has 1 atom stereocenters. The van der Waals surface area contributed by atoms with E-state index in [1.54, 1.807) is 21.0 Å². The van der Waals surface area contributed by atoms with Gasteiger partial charge in [-0.25, -0.2) is 9.59 Å². The Bertz CT molecular complexity index is 1000. The highest BCUT2D eigenvalue weighted by Crippen LogP contribution is 2.26. The fraction of sp³-hybridized carbons (Fsp3) is 0.462. The minimum Gasteiger partial charge on any atom is -0.497 e. The zero-order chi connectivity index (χ0) is 24.2. The number of rotatable bonds is 10. The number of urea groups is 1. The van der Waals surface area contributed by atoms with E-state index in [1.807, 2.05) is 66.2 Å². The third kappa shape index (κ3) is 5.97. The highest BCUT2D eigenvalue weighted by atomic mass is 16.5. The maximum atomic E-state index is 12.7. The Labute approximate surface area is 195 Å². The van der Waals surface area contributed by atoms with E-state index in [2.05, 4.69) is 0 Å². The molecular weight excluding hydrogens is 420 g/mol. The Balaban J connectivity index is 1.53. The number of carbonyl (C=O) groups excluding carboxylic acids is 1. The van der Waals surface area contributed by atoms with Gasteiger partial charge in [-0.15, -0.1) is 0 Å². The Kier molecular flexibility index (Phi) is 7.51. The van der Waals surface area contributed by atoms with Crippen molar-refractivity contribution in [3.8, 4) is 11.5 Å². The van der Waals surface area contributed by atoms with Crippen LogP contribution in [0.15, 0.2) is 42.5 Å². The van der Waals surface area contributed by atoms with Crippen molar-refractivity contribution < 1.29 is 24.2 Å². The molecule has 2 aromatic rings. The second kappa shape index (κ2) is 10.1. The number of carboxylic acids is 1. The smallest absolute Gasteiger partial charge is 0.347 e. The van der Waals surface area contributed by atoms with Gasteiger partial charge in [-0.3, -0.25) is 0 Å². The number of carbonyl (C=O) groups is 2. The number of nitrogens with zero attached hydrogens (tertiary/aromatic N) is 2. The summed E-state index contributed by atoms with van der Waals surface area (Å²) in [4.78, 5) is 27.8. The first-order valence-corrected chi connectivity index (χ1v) is 11.3. The summed E-state index contributed by atoms with van der Waals surface area (Å²) in [5, 5.41) is 9.27. The molecule has 0 aromatic heterocycles. The summed E-state index contributed by atoms with van der Waals surface area (Å²) in [6.07, 6.45) is 2.76. The number of hydrogen-bond acceptors (Lipinski definition) is 4. The van der Waals surface area contributed by atoms with Crippen LogP contribution in [0.3, 0.4) is 0 Å². The molecule has 2 aromatic carbocycles. The molecule has 2 amide bonds. The molecule has 1 heterocycles. The molecule has 1 N–H and O–H groups in total. The lowest BCUT2D eigenvalue weighted by molar-refractivity contribution is -0.152. The molecule has 3 rings (SSSR count). The number of carboxylic acid groups (broad SMARTS) is 1. The third-order valence-corrected chi connectivity index (χ3v) is 6.18. The van der Waals surface area contributed by atoms with Gasteiger partial charge in [0, 0.05) is 20.1 Å². The normalized spacial score (nSPS) is 16.3. The van der Waals surface area contributed by atoms with Crippen molar-refractivity contribution in [1.82, 2.24) is 9.80 Å². The van der Waals surface area contributed by atoms with Crippen LogP contribution in [0.4, 0.5) is 4.79 Å². The van der Waals surface area contributed by atoms with E-state index in [0.717, 1.165) is 36.1 Å². The van der Waals surface area contributed by atoms with E-state index in [4.69, 9.17) is 9.47 Å². The van der Waals surface area contributed by atoms with Crippen LogP contribution in [-0.4, -0.2) is 59.3 Å². The maximum absolute atomic E-state index is 12.7. The van der Waals surface area contributed by atoms with Crippen LogP contribution < -0.4 is 9.47 Å². The van der Waals surface area contributed by atoms with E-state index < -0.39 is 11.6 Å². The predicted octanol–water partition coefficient (Wildman–Crippen LogP) is 4.50. The van der Waals surface area contributed by atoms with Crippen LogP contribution >= 0.6 is 0 Å². The van der Waals surface area contributed by atoms with Crippen molar-refractivity contribution >= 4 is 12.0 Å². The molecule has 7 heteroatoms. The van der Waals surface area contributed by atoms with Gasteiger partial charge in [0.05, 0.1) is 13.2 Å². The molecule has 0 saturated carbocycles. The zero-order valence-electron chi connectivity index (χ0n) is 20.1. The third-order valence-electron chi connectivity index (χ3n) is 6.18. The molecule has 178 valence electrons. The second-order valence-electron chi connectivity index (χ2n) is 9.19. The Morgan fingerprint density at radius 1 is 1.18 bits per heavy atom. The lowest BCUT2D eigenvalue weighted by Gasteiger charge is -2.23. The fourth-order valence-electron chi connectivity index (χ4n) is 4.08. The number of benzene rings is 2. The van der Waals surface area contributed by atoms with Crippen LogP contribution in [0.1, 0.15) is 43.4 Å². The van der Waals surface area contributed by atoms with Crippen LogP contribution in [0.5, 0.6) is 11.5 Å². The van der Waals surface area contributed by atoms with E-state index in [1.165, 1.54) is 5.56 Å². The van der Waals surface area contributed by atoms with Crippen molar-refractivity contribution in [1.29, 1.82) is 0 Å². The molecule has 7 nitrogen and oxygen atoms in total. The predicted molar refractivity (Wildman–Crippen MR) is 127 cm³/mol. The van der Waals surface area contributed by atoms with E-state index in [9.17, 15) is 14.7 Å². The molecule has 0 aliphatic carbocycles. The number of hydrogen-bond donors (Lipinski definition) is 1. The van der Waals surface area contributed by atoms with Crippen molar-refractivity contribution in [2.75, 3.05) is 20.7 Å². The summed E-state index contributed by atoms with van der Waals surface area (Å²) in [7, 11) is 3.52. The van der Waals surface area contributed by atoms with Gasteiger partial charge in [0.2, 0.25) is 0 Å². The first-order valence-electron chi connectivity index (χ1n) is 11.3. The van der Waals surface area contributed by atoms with Crippen LogP contribution in [-0.2, 0) is 17.8 Å². The topological polar surface area (TPSA) is 79.3 Å². The molecule has 33 heavy (non-hydrogen) atoms. The molecular formula is C26H34N2O5. The zero-order valence-corrected chi connectivity index (χ0v) is 20.1. The molecule has 1 saturated heterocycles. The number of aryl methyl sites for hydroxylation is 2. The van der Waals surface area contributed by atoms with Gasteiger partial charge in [-0.1, -0.05) is 24.3 Å². The van der Waals surface area contributed by atoms with Gasteiger partial charge in [-0.2, -0.15) is 0 Å². The van der Waals surface area contributed by atoms with Gasteiger partial charge in [0.25, 0.3) is 0 Å². The lowest BCUT2D eigenvalue weighted by Crippen LogP contribution is -2.38. The van der Waals surface area contributed by atoms with Crippen LogP contribution in [0, 0.1) is 6.92 Å². The first kappa shape index (κ1) is 24.4. The average molecular weight is 455 g/mol. The largest absolute Gasteiger partial charge is 0.497 e. The SMILES string of the molecule is COc1cccc(CN2CC(CCCc3ccc(OC(C)(C)C(=O)O)c(C)c3)N(C)C2=O)c1. The van der Waals surface area contributed by atoms with Crippen molar-refractivity contribution in [2.24, 2.45) is 0 Å². The number of likely N-dealkylation sites (N-methyl/N-ethyl adjacent to an activating group) is 1. The van der Waals surface area contributed by atoms with Crippen molar-refractivity contribution in [3.63, 3.8) is 0 Å². The van der Waals surface area contributed by atoms with Crippen LogP contribution in [0.25, 0.3) is 0 Å². The minimum absolute atomic E-state index is 0.0567. The number of amides is 2. The van der Waals surface area contributed by atoms with Gasteiger partial charge >= 0.3 is 12.0 Å². The van der Waals surface area contributed by atoms with Gasteiger partial charge in [-0.05, 0) is 74.9 Å². The number of aliphatic carboxylic acids is 1. The molecule has 1 aliphatic heterocycles. The Morgan fingerprint density at radius 3 is 2.61 bits per heavy atom. The average Bonchev–Trinajstić information content (AvgIpc) is 3.03. The number of ether oxygens (including phenoxy) is 2. The first-order chi connectivity index (χ1) is 15.6. The molecule has 1 fully saturated rings. The number of methoxy groups -OCH3 is 1. The Morgan fingerprint density at radius 2 is 1.94 bits per heavy atom. The Hall–Kier alpha value is -3.22.